The van der Waals surface area contributed by atoms with Crippen LogP contribution in [0, 0.1) is 5.82 Å². The van der Waals surface area contributed by atoms with E-state index >= 15 is 0 Å². The topological polar surface area (TPSA) is 4.93 Å². The fourth-order valence-electron chi connectivity index (χ4n) is 2.24. The van der Waals surface area contributed by atoms with Crippen molar-refractivity contribution >= 4 is 22.5 Å². The molecule has 0 N–H and O–H groups in total. The molecular weight excluding hydrogens is 249 g/mol. The Kier molecular flexibility index (Phi) is 2.60. The number of nitrogens with zero attached hydrogens (tertiary/aromatic N) is 1. The molecule has 1 aromatic heterocycles. The van der Waals surface area contributed by atoms with Gasteiger partial charge in [0.1, 0.15) is 5.82 Å². The molecule has 0 fully saturated rings. The molecule has 3 heteroatoms. The Morgan fingerprint density at radius 1 is 1.06 bits per heavy atom. The number of hydrogen-bond donors (Lipinski definition) is 0. The summed E-state index contributed by atoms with van der Waals surface area (Å²) in [6, 6.07) is 14.6. The number of para-hydroxylation sites is 1. The standard InChI is InChI=1S/C15H11ClFN/c1-18-14-5-3-2-4-10(14)8-15(18)12-7-6-11(17)9-13(12)16/h2-9H,1H3. The molecule has 0 aliphatic carbocycles. The van der Waals surface area contributed by atoms with E-state index in [1.807, 2.05) is 19.2 Å². The van der Waals surface area contributed by atoms with E-state index in [-0.39, 0.29) is 5.82 Å². The van der Waals surface area contributed by atoms with Crippen molar-refractivity contribution in [3.63, 3.8) is 0 Å². The van der Waals surface area contributed by atoms with Crippen LogP contribution in [0.15, 0.2) is 48.5 Å². The predicted molar refractivity (Wildman–Crippen MR) is 73.3 cm³/mol. The number of aromatic nitrogens is 1. The summed E-state index contributed by atoms with van der Waals surface area (Å²) in [5, 5.41) is 1.58. The Morgan fingerprint density at radius 2 is 1.83 bits per heavy atom. The Balaban J connectivity index is 2.28. The minimum absolute atomic E-state index is 0.317. The number of rotatable bonds is 1. The first-order valence-electron chi connectivity index (χ1n) is 5.67. The number of benzene rings is 2. The molecule has 0 aliphatic heterocycles. The average molecular weight is 260 g/mol. The van der Waals surface area contributed by atoms with Gasteiger partial charge in [-0.2, -0.15) is 0 Å². The van der Waals surface area contributed by atoms with Crippen LogP contribution in [-0.2, 0) is 7.05 Å². The van der Waals surface area contributed by atoms with E-state index in [1.165, 1.54) is 12.1 Å². The Labute approximate surface area is 109 Å². The molecule has 3 rings (SSSR count). The lowest BCUT2D eigenvalue weighted by molar-refractivity contribution is 0.628. The highest BCUT2D eigenvalue weighted by atomic mass is 35.5. The van der Waals surface area contributed by atoms with Crippen molar-refractivity contribution in [2.45, 2.75) is 0 Å². The third kappa shape index (κ3) is 1.70. The van der Waals surface area contributed by atoms with Crippen molar-refractivity contribution in [2.75, 3.05) is 0 Å². The smallest absolute Gasteiger partial charge is 0.124 e. The highest BCUT2D eigenvalue weighted by Crippen LogP contribution is 2.32. The maximum absolute atomic E-state index is 13.1. The van der Waals surface area contributed by atoms with Crippen LogP contribution in [0.4, 0.5) is 4.39 Å². The van der Waals surface area contributed by atoms with E-state index in [9.17, 15) is 4.39 Å². The second-order valence-electron chi connectivity index (χ2n) is 4.27. The van der Waals surface area contributed by atoms with Crippen molar-refractivity contribution in [1.82, 2.24) is 4.57 Å². The van der Waals surface area contributed by atoms with E-state index < -0.39 is 0 Å². The van der Waals surface area contributed by atoms with Crippen molar-refractivity contribution in [3.05, 3.63) is 59.4 Å². The van der Waals surface area contributed by atoms with Crippen LogP contribution in [0.3, 0.4) is 0 Å². The molecule has 2 aromatic carbocycles. The molecule has 0 aliphatic rings. The largest absolute Gasteiger partial charge is 0.344 e. The van der Waals surface area contributed by atoms with Crippen LogP contribution in [-0.4, -0.2) is 4.57 Å². The van der Waals surface area contributed by atoms with E-state index in [0.29, 0.717) is 5.02 Å². The van der Waals surface area contributed by atoms with E-state index in [0.717, 1.165) is 22.2 Å². The van der Waals surface area contributed by atoms with Crippen LogP contribution in [0.2, 0.25) is 5.02 Å². The van der Waals surface area contributed by atoms with Crippen LogP contribution >= 0.6 is 11.6 Å². The number of fused-ring (bicyclic) bond motifs is 1. The summed E-state index contributed by atoms with van der Waals surface area (Å²) < 4.78 is 15.1. The lowest BCUT2D eigenvalue weighted by atomic mass is 10.1. The molecule has 1 nitrogen and oxygen atoms in total. The maximum atomic E-state index is 13.1. The summed E-state index contributed by atoms with van der Waals surface area (Å²) in [6.45, 7) is 0. The van der Waals surface area contributed by atoms with Crippen molar-refractivity contribution in [3.8, 4) is 11.3 Å². The Hall–Kier alpha value is -1.80. The first-order valence-corrected chi connectivity index (χ1v) is 6.04. The zero-order valence-electron chi connectivity index (χ0n) is 9.82. The summed E-state index contributed by atoms with van der Waals surface area (Å²) in [4.78, 5) is 0. The van der Waals surface area contributed by atoms with E-state index in [4.69, 9.17) is 11.6 Å². The van der Waals surface area contributed by atoms with Gasteiger partial charge in [-0.15, -0.1) is 0 Å². The van der Waals surface area contributed by atoms with Gasteiger partial charge in [0.2, 0.25) is 0 Å². The molecule has 18 heavy (non-hydrogen) atoms. The quantitative estimate of drug-likeness (QED) is 0.600. The lowest BCUT2D eigenvalue weighted by Crippen LogP contribution is -1.92. The first-order chi connectivity index (χ1) is 8.66. The van der Waals surface area contributed by atoms with Crippen LogP contribution in [0.1, 0.15) is 0 Å². The number of hydrogen-bond acceptors (Lipinski definition) is 0. The SMILES string of the molecule is Cn1c(-c2ccc(F)cc2Cl)cc2ccccc21. The van der Waals surface area contributed by atoms with Gasteiger partial charge in [-0.05, 0) is 30.3 Å². The molecule has 0 unspecified atom stereocenters. The third-order valence-electron chi connectivity index (χ3n) is 3.16. The van der Waals surface area contributed by atoms with Gasteiger partial charge in [0.15, 0.2) is 0 Å². The summed E-state index contributed by atoms with van der Waals surface area (Å²) >= 11 is 6.11. The van der Waals surface area contributed by atoms with Gasteiger partial charge in [0, 0.05) is 23.5 Å². The van der Waals surface area contributed by atoms with Crippen LogP contribution in [0.25, 0.3) is 22.2 Å². The van der Waals surface area contributed by atoms with Gasteiger partial charge in [-0.1, -0.05) is 29.8 Å². The minimum atomic E-state index is -0.317. The van der Waals surface area contributed by atoms with Crippen molar-refractivity contribution in [1.29, 1.82) is 0 Å². The first kappa shape index (κ1) is 11.3. The highest BCUT2D eigenvalue weighted by Gasteiger charge is 2.10. The van der Waals surface area contributed by atoms with Gasteiger partial charge in [-0.25, -0.2) is 4.39 Å². The molecule has 90 valence electrons. The summed E-state index contributed by atoms with van der Waals surface area (Å²) in [6.07, 6.45) is 0. The van der Waals surface area contributed by atoms with Crippen LogP contribution in [0.5, 0.6) is 0 Å². The fraction of sp³-hybridized carbons (Fsp3) is 0.0667. The predicted octanol–water partition coefficient (Wildman–Crippen LogP) is 4.64. The molecule has 3 aromatic rings. The van der Waals surface area contributed by atoms with E-state index in [1.54, 1.807) is 6.07 Å². The molecular formula is C15H11ClFN. The minimum Gasteiger partial charge on any atom is -0.344 e. The molecule has 1 heterocycles. The summed E-state index contributed by atoms with van der Waals surface area (Å²) in [7, 11) is 1.98. The Morgan fingerprint density at radius 3 is 2.56 bits per heavy atom. The van der Waals surface area contributed by atoms with Gasteiger partial charge in [0.25, 0.3) is 0 Å². The molecule has 0 spiro atoms. The lowest BCUT2D eigenvalue weighted by Gasteiger charge is -2.06. The van der Waals surface area contributed by atoms with Crippen LogP contribution < -0.4 is 0 Å². The molecule has 0 atom stereocenters. The zero-order chi connectivity index (χ0) is 12.7. The second-order valence-corrected chi connectivity index (χ2v) is 4.68. The third-order valence-corrected chi connectivity index (χ3v) is 3.47. The summed E-state index contributed by atoms with van der Waals surface area (Å²) in [5.41, 5.74) is 2.96. The average Bonchev–Trinajstić information content (AvgIpc) is 2.68. The number of halogens is 2. The van der Waals surface area contributed by atoms with Crippen molar-refractivity contribution < 1.29 is 4.39 Å². The number of aryl methyl sites for hydroxylation is 1. The normalized spacial score (nSPS) is 11.1. The summed E-state index contributed by atoms with van der Waals surface area (Å²) in [5.74, 6) is -0.317. The fourth-order valence-corrected chi connectivity index (χ4v) is 2.51. The molecule has 0 radical (unpaired) electrons. The van der Waals surface area contributed by atoms with Gasteiger partial charge >= 0.3 is 0 Å². The van der Waals surface area contributed by atoms with Crippen molar-refractivity contribution in [2.24, 2.45) is 7.05 Å². The maximum Gasteiger partial charge on any atom is 0.124 e. The molecule has 0 amide bonds. The monoisotopic (exact) mass is 259 g/mol. The van der Waals surface area contributed by atoms with Gasteiger partial charge in [0.05, 0.1) is 10.7 Å². The second kappa shape index (κ2) is 4.14. The Bertz CT molecular complexity index is 730. The highest BCUT2D eigenvalue weighted by molar-refractivity contribution is 6.33. The van der Waals surface area contributed by atoms with E-state index in [2.05, 4.69) is 22.8 Å². The van der Waals surface area contributed by atoms with Gasteiger partial charge in [-0.3, -0.25) is 0 Å². The molecule has 0 saturated carbocycles. The van der Waals surface area contributed by atoms with Gasteiger partial charge < -0.3 is 4.57 Å². The molecule has 0 saturated heterocycles. The zero-order valence-corrected chi connectivity index (χ0v) is 10.6. The molecule has 0 bridgehead atoms.